The fourth-order valence-corrected chi connectivity index (χ4v) is 9.34. The van der Waals surface area contributed by atoms with Crippen molar-refractivity contribution in [2.45, 2.75) is 124 Å². The van der Waals surface area contributed by atoms with Crippen molar-refractivity contribution in [1.29, 1.82) is 0 Å². The van der Waals surface area contributed by atoms with Crippen LogP contribution in [0.3, 0.4) is 0 Å². The van der Waals surface area contributed by atoms with E-state index in [-0.39, 0.29) is 30.6 Å². The van der Waals surface area contributed by atoms with E-state index in [0.717, 1.165) is 62.5 Å². The van der Waals surface area contributed by atoms with Crippen molar-refractivity contribution in [3.8, 4) is 0 Å². The predicted octanol–water partition coefficient (Wildman–Crippen LogP) is 9.56. The smallest absolute Gasteiger partial charge is 0.311 e. The molecule has 2 N–H and O–H groups in total. The van der Waals surface area contributed by atoms with Gasteiger partial charge >= 0.3 is 11.9 Å². The van der Waals surface area contributed by atoms with Crippen LogP contribution in [0.5, 0.6) is 0 Å². The minimum atomic E-state index is -1.46. The standard InChI is InChI=1S/C39H56O4/c1-5-31-23-16-24-34(35(31)6-2)27-38(36(40)41,25-28(3)32-19-12-8-13-20-32)39(37(42)43,26-30-17-10-7-11-18-30)29(4)33-21-14-9-15-22-33/h7,10-11,16-18,23-24,28-29,32-33H,5-6,8-9,12-15,19-22,25-27H2,1-4H3,(H,40,41)(H,42,43). The molecule has 0 radical (unpaired) electrons. The highest BCUT2D eigenvalue weighted by molar-refractivity contribution is 5.88. The number of benzene rings is 2. The Kier molecular flexibility index (Phi) is 11.5. The Hall–Kier alpha value is -2.62. The zero-order valence-electron chi connectivity index (χ0n) is 27.2. The molecule has 0 saturated heterocycles. The molecule has 4 rings (SSSR count). The highest BCUT2D eigenvalue weighted by Gasteiger charge is 2.65. The normalized spacial score (nSPS) is 20.9. The summed E-state index contributed by atoms with van der Waals surface area (Å²) in [5.41, 5.74) is 1.46. The summed E-state index contributed by atoms with van der Waals surface area (Å²) in [4.78, 5) is 28.5. The fourth-order valence-electron chi connectivity index (χ4n) is 9.34. The zero-order valence-corrected chi connectivity index (χ0v) is 27.2. The molecule has 2 fully saturated rings. The summed E-state index contributed by atoms with van der Waals surface area (Å²) >= 11 is 0. The van der Waals surface area contributed by atoms with E-state index in [0.29, 0.717) is 12.3 Å². The van der Waals surface area contributed by atoms with Gasteiger partial charge in [0, 0.05) is 0 Å². The van der Waals surface area contributed by atoms with Gasteiger partial charge in [-0.3, -0.25) is 9.59 Å². The summed E-state index contributed by atoms with van der Waals surface area (Å²) in [6.45, 7) is 8.61. The van der Waals surface area contributed by atoms with Crippen LogP contribution in [0.15, 0.2) is 48.5 Å². The van der Waals surface area contributed by atoms with E-state index in [9.17, 15) is 19.8 Å². The maximum Gasteiger partial charge on any atom is 0.311 e. The topological polar surface area (TPSA) is 74.6 Å². The molecule has 2 aliphatic rings. The van der Waals surface area contributed by atoms with Gasteiger partial charge in [-0.05, 0) is 78.0 Å². The Balaban J connectivity index is 1.99. The van der Waals surface area contributed by atoms with Gasteiger partial charge in [0.15, 0.2) is 0 Å². The first kappa shape index (κ1) is 33.3. The second kappa shape index (κ2) is 14.9. The third-order valence-corrected chi connectivity index (χ3v) is 11.8. The van der Waals surface area contributed by atoms with E-state index in [1.807, 2.05) is 30.3 Å². The van der Waals surface area contributed by atoms with Crippen molar-refractivity contribution in [1.82, 2.24) is 0 Å². The van der Waals surface area contributed by atoms with E-state index in [4.69, 9.17) is 0 Å². The van der Waals surface area contributed by atoms with Gasteiger partial charge in [-0.2, -0.15) is 0 Å². The lowest BCUT2D eigenvalue weighted by molar-refractivity contribution is -0.187. The molecule has 4 nitrogen and oxygen atoms in total. The van der Waals surface area contributed by atoms with Crippen LogP contribution in [0.1, 0.15) is 121 Å². The number of hydrogen-bond acceptors (Lipinski definition) is 2. The van der Waals surface area contributed by atoms with Crippen molar-refractivity contribution < 1.29 is 19.8 Å². The Morgan fingerprint density at radius 1 is 0.721 bits per heavy atom. The average molecular weight is 589 g/mol. The lowest BCUT2D eigenvalue weighted by atomic mass is 9.47. The van der Waals surface area contributed by atoms with Gasteiger partial charge in [0.2, 0.25) is 0 Å². The number of rotatable bonds is 14. The molecule has 0 aromatic heterocycles. The molecular weight excluding hydrogens is 532 g/mol. The summed E-state index contributed by atoms with van der Waals surface area (Å²) in [7, 11) is 0. The summed E-state index contributed by atoms with van der Waals surface area (Å²) in [6.07, 6.45) is 13.7. The SMILES string of the molecule is CCc1cccc(CC(CC(C)C2CCCCC2)(C(=O)O)C(Cc2ccccc2)(C(=O)O)C(C)C2CCCCC2)c1CC. The van der Waals surface area contributed by atoms with Crippen molar-refractivity contribution in [2.75, 3.05) is 0 Å². The molecule has 0 bridgehead atoms. The molecule has 2 saturated carbocycles. The molecule has 4 unspecified atom stereocenters. The molecule has 0 spiro atoms. The molecule has 43 heavy (non-hydrogen) atoms. The van der Waals surface area contributed by atoms with Gasteiger partial charge < -0.3 is 10.2 Å². The van der Waals surface area contributed by atoms with Gasteiger partial charge in [0.25, 0.3) is 0 Å². The van der Waals surface area contributed by atoms with E-state index in [1.165, 1.54) is 36.8 Å². The molecule has 2 aromatic carbocycles. The lowest BCUT2D eigenvalue weighted by Crippen LogP contribution is -2.60. The first-order valence-corrected chi connectivity index (χ1v) is 17.3. The van der Waals surface area contributed by atoms with Crippen LogP contribution in [0.2, 0.25) is 0 Å². The summed E-state index contributed by atoms with van der Waals surface area (Å²) in [5, 5.41) is 23.3. The third-order valence-electron chi connectivity index (χ3n) is 11.8. The van der Waals surface area contributed by atoms with E-state index < -0.39 is 22.8 Å². The Bertz CT molecular complexity index is 1190. The lowest BCUT2D eigenvalue weighted by Gasteiger charge is -2.53. The zero-order chi connectivity index (χ0) is 31.0. The van der Waals surface area contributed by atoms with Crippen LogP contribution in [0.25, 0.3) is 0 Å². The third kappa shape index (κ3) is 6.89. The molecule has 2 aromatic rings. The second-order valence-corrected chi connectivity index (χ2v) is 14.0. The van der Waals surface area contributed by atoms with Crippen molar-refractivity contribution in [3.63, 3.8) is 0 Å². The van der Waals surface area contributed by atoms with Crippen molar-refractivity contribution >= 4 is 11.9 Å². The van der Waals surface area contributed by atoms with Gasteiger partial charge in [-0.15, -0.1) is 0 Å². The summed E-state index contributed by atoms with van der Waals surface area (Å²) in [6, 6.07) is 16.1. The maximum atomic E-state index is 14.3. The predicted molar refractivity (Wildman–Crippen MR) is 175 cm³/mol. The van der Waals surface area contributed by atoms with Crippen molar-refractivity contribution in [2.24, 2.45) is 34.5 Å². The molecular formula is C39H56O4. The number of aliphatic carboxylic acids is 2. The Morgan fingerprint density at radius 3 is 1.84 bits per heavy atom. The van der Waals surface area contributed by atoms with Crippen LogP contribution in [-0.2, 0) is 35.3 Å². The first-order valence-electron chi connectivity index (χ1n) is 17.3. The first-order chi connectivity index (χ1) is 20.7. The number of carboxylic acids is 2. The summed E-state index contributed by atoms with van der Waals surface area (Å²) < 4.78 is 0. The molecule has 236 valence electrons. The van der Waals surface area contributed by atoms with E-state index >= 15 is 0 Å². The highest BCUT2D eigenvalue weighted by atomic mass is 16.4. The molecule has 4 atom stereocenters. The van der Waals surface area contributed by atoms with Crippen LogP contribution in [0.4, 0.5) is 0 Å². The number of carboxylic acid groups (broad SMARTS) is 2. The Morgan fingerprint density at radius 2 is 1.30 bits per heavy atom. The van der Waals surface area contributed by atoms with Gasteiger partial charge in [-0.25, -0.2) is 0 Å². The van der Waals surface area contributed by atoms with Crippen LogP contribution >= 0.6 is 0 Å². The molecule has 0 aliphatic heterocycles. The monoisotopic (exact) mass is 588 g/mol. The molecule has 4 heteroatoms. The number of hydrogen-bond donors (Lipinski definition) is 2. The van der Waals surface area contributed by atoms with Crippen LogP contribution in [0, 0.1) is 34.5 Å². The Labute approximate surface area is 260 Å². The van der Waals surface area contributed by atoms with Crippen LogP contribution in [-0.4, -0.2) is 22.2 Å². The quantitative estimate of drug-likeness (QED) is 0.230. The molecule has 0 heterocycles. The second-order valence-electron chi connectivity index (χ2n) is 14.0. The van der Waals surface area contributed by atoms with E-state index in [1.54, 1.807) is 0 Å². The summed E-state index contributed by atoms with van der Waals surface area (Å²) in [5.74, 6) is -1.38. The average Bonchev–Trinajstić information content (AvgIpc) is 3.03. The van der Waals surface area contributed by atoms with Gasteiger partial charge in [0.05, 0.1) is 10.8 Å². The van der Waals surface area contributed by atoms with E-state index in [2.05, 4.69) is 45.9 Å². The van der Waals surface area contributed by atoms with Gasteiger partial charge in [-0.1, -0.05) is 140 Å². The largest absolute Gasteiger partial charge is 0.481 e. The maximum absolute atomic E-state index is 14.3. The number of carbonyl (C=O) groups is 2. The van der Waals surface area contributed by atoms with Crippen molar-refractivity contribution in [3.05, 3.63) is 70.8 Å². The van der Waals surface area contributed by atoms with Crippen LogP contribution < -0.4 is 0 Å². The minimum absolute atomic E-state index is 0.129. The van der Waals surface area contributed by atoms with Gasteiger partial charge in [0.1, 0.15) is 0 Å². The molecule has 0 amide bonds. The highest BCUT2D eigenvalue weighted by Crippen LogP contribution is 2.58. The minimum Gasteiger partial charge on any atom is -0.481 e. The number of aryl methyl sites for hydroxylation is 1. The molecule has 2 aliphatic carbocycles. The fraction of sp³-hybridized carbons (Fsp3) is 0.641.